The topological polar surface area (TPSA) is 25.8 Å². The third-order valence-electron chi connectivity index (χ3n) is 3.82. The molecular formula is C18H32NO+. The molecular weight excluding hydrogens is 246 g/mol. The van der Waals surface area contributed by atoms with E-state index in [2.05, 4.69) is 58.1 Å². The molecule has 0 aliphatic heterocycles. The normalized spacial score (nSPS) is 12.7. The fraction of sp³-hybridized carbons (Fsp3) is 0.667. The third kappa shape index (κ3) is 6.42. The molecule has 0 saturated carbocycles. The van der Waals surface area contributed by atoms with Crippen molar-refractivity contribution in [1.29, 1.82) is 0 Å². The summed E-state index contributed by atoms with van der Waals surface area (Å²) < 4.78 is 5.90. The highest BCUT2D eigenvalue weighted by Crippen LogP contribution is 2.22. The van der Waals surface area contributed by atoms with Gasteiger partial charge in [-0.1, -0.05) is 26.8 Å². The van der Waals surface area contributed by atoms with Crippen molar-refractivity contribution in [2.45, 2.75) is 65.8 Å². The summed E-state index contributed by atoms with van der Waals surface area (Å²) >= 11 is 0. The number of hydrogen-bond donors (Lipinski definition) is 1. The molecule has 114 valence electrons. The maximum atomic E-state index is 5.90. The number of nitrogens with two attached hydrogens (primary N) is 1. The van der Waals surface area contributed by atoms with Crippen LogP contribution >= 0.6 is 0 Å². The van der Waals surface area contributed by atoms with Gasteiger partial charge >= 0.3 is 0 Å². The lowest BCUT2D eigenvalue weighted by molar-refractivity contribution is -0.686. The van der Waals surface area contributed by atoms with Gasteiger partial charge in [0.05, 0.1) is 19.2 Å². The van der Waals surface area contributed by atoms with E-state index < -0.39 is 0 Å². The van der Waals surface area contributed by atoms with Crippen molar-refractivity contribution in [3.05, 3.63) is 29.3 Å². The van der Waals surface area contributed by atoms with Gasteiger partial charge in [0.15, 0.2) is 0 Å². The van der Waals surface area contributed by atoms with E-state index in [-0.39, 0.29) is 0 Å². The summed E-state index contributed by atoms with van der Waals surface area (Å²) in [5.41, 5.74) is 2.65. The monoisotopic (exact) mass is 278 g/mol. The standard InChI is InChI=1S/C18H31NO/c1-6-16(5)19-9-7-8-10-20-18-12-15(4)11-17(13-18)14(2)3/h11-14,16,19H,6-10H2,1-5H3/p+1/t16-/m1/s1. The van der Waals surface area contributed by atoms with Crippen LogP contribution in [0.15, 0.2) is 18.2 Å². The highest BCUT2D eigenvalue weighted by atomic mass is 16.5. The molecule has 0 heterocycles. The van der Waals surface area contributed by atoms with E-state index in [1.807, 2.05) is 0 Å². The number of hydrogen-bond acceptors (Lipinski definition) is 1. The number of rotatable bonds is 9. The molecule has 0 bridgehead atoms. The maximum Gasteiger partial charge on any atom is 0.119 e. The Labute approximate surface area is 124 Å². The van der Waals surface area contributed by atoms with E-state index in [4.69, 9.17) is 4.74 Å². The molecule has 0 unspecified atom stereocenters. The summed E-state index contributed by atoms with van der Waals surface area (Å²) in [6.45, 7) is 13.2. The first-order valence-electron chi connectivity index (χ1n) is 8.10. The Balaban J connectivity index is 2.28. The van der Waals surface area contributed by atoms with Gasteiger partial charge in [-0.15, -0.1) is 0 Å². The molecule has 1 atom stereocenters. The van der Waals surface area contributed by atoms with Gasteiger partial charge in [-0.2, -0.15) is 0 Å². The molecule has 2 nitrogen and oxygen atoms in total. The van der Waals surface area contributed by atoms with Crippen molar-refractivity contribution in [2.75, 3.05) is 13.2 Å². The number of aryl methyl sites for hydroxylation is 1. The molecule has 0 radical (unpaired) electrons. The number of quaternary nitrogens is 1. The molecule has 1 rings (SSSR count). The zero-order chi connectivity index (χ0) is 15.0. The molecule has 20 heavy (non-hydrogen) atoms. The van der Waals surface area contributed by atoms with E-state index in [0.29, 0.717) is 5.92 Å². The lowest BCUT2D eigenvalue weighted by Gasteiger charge is -2.12. The van der Waals surface area contributed by atoms with Gasteiger partial charge in [-0.25, -0.2) is 0 Å². The van der Waals surface area contributed by atoms with Crippen LogP contribution in [0.1, 0.15) is 64.0 Å². The van der Waals surface area contributed by atoms with Gasteiger partial charge in [0, 0.05) is 0 Å². The van der Waals surface area contributed by atoms with Crippen LogP contribution in [0.5, 0.6) is 5.75 Å². The quantitative estimate of drug-likeness (QED) is 0.686. The van der Waals surface area contributed by atoms with E-state index in [1.54, 1.807) is 0 Å². The summed E-state index contributed by atoms with van der Waals surface area (Å²) in [4.78, 5) is 0. The summed E-state index contributed by atoms with van der Waals surface area (Å²) in [6, 6.07) is 7.32. The predicted octanol–water partition coefficient (Wildman–Crippen LogP) is 3.64. The summed E-state index contributed by atoms with van der Waals surface area (Å²) in [7, 11) is 0. The minimum absolute atomic E-state index is 0.558. The third-order valence-corrected chi connectivity index (χ3v) is 3.82. The average Bonchev–Trinajstić information content (AvgIpc) is 2.41. The van der Waals surface area contributed by atoms with Crippen molar-refractivity contribution >= 4 is 0 Å². The predicted molar refractivity (Wildman–Crippen MR) is 86.5 cm³/mol. The Hall–Kier alpha value is -1.02. The highest BCUT2D eigenvalue weighted by molar-refractivity contribution is 5.35. The molecule has 0 fully saturated rings. The second-order valence-electron chi connectivity index (χ2n) is 6.20. The molecule has 0 aliphatic rings. The van der Waals surface area contributed by atoms with E-state index in [9.17, 15) is 0 Å². The Kier molecular flexibility index (Phi) is 7.68. The van der Waals surface area contributed by atoms with Crippen LogP contribution in [0.25, 0.3) is 0 Å². The van der Waals surface area contributed by atoms with Gasteiger partial charge in [-0.3, -0.25) is 0 Å². The zero-order valence-corrected chi connectivity index (χ0v) is 13.9. The molecule has 1 aromatic rings. The highest BCUT2D eigenvalue weighted by Gasteiger charge is 2.04. The van der Waals surface area contributed by atoms with E-state index in [1.165, 1.54) is 30.5 Å². The van der Waals surface area contributed by atoms with Crippen molar-refractivity contribution in [3.8, 4) is 5.75 Å². The van der Waals surface area contributed by atoms with Gasteiger partial charge in [0.25, 0.3) is 0 Å². The SMILES string of the molecule is CC[C@@H](C)[NH2+]CCCCOc1cc(C)cc(C(C)C)c1. The first kappa shape index (κ1) is 17.0. The molecule has 2 heteroatoms. The van der Waals surface area contributed by atoms with Crippen molar-refractivity contribution in [3.63, 3.8) is 0 Å². The minimum Gasteiger partial charge on any atom is -0.494 e. The summed E-state index contributed by atoms with van der Waals surface area (Å²) in [5, 5.41) is 2.43. The Morgan fingerprint density at radius 1 is 1.10 bits per heavy atom. The van der Waals surface area contributed by atoms with Crippen LogP contribution in [0, 0.1) is 6.92 Å². The fourth-order valence-corrected chi connectivity index (χ4v) is 2.20. The van der Waals surface area contributed by atoms with Gasteiger partial charge < -0.3 is 10.1 Å². The Morgan fingerprint density at radius 2 is 1.85 bits per heavy atom. The first-order chi connectivity index (χ1) is 9.52. The summed E-state index contributed by atoms with van der Waals surface area (Å²) in [5.74, 6) is 1.59. The van der Waals surface area contributed by atoms with Crippen LogP contribution in [0.2, 0.25) is 0 Å². The van der Waals surface area contributed by atoms with Gasteiger partial charge in [-0.05, 0) is 62.3 Å². The van der Waals surface area contributed by atoms with Crippen LogP contribution in [-0.2, 0) is 0 Å². The molecule has 0 saturated heterocycles. The van der Waals surface area contributed by atoms with Crippen LogP contribution in [-0.4, -0.2) is 19.2 Å². The summed E-state index contributed by atoms with van der Waals surface area (Å²) in [6.07, 6.45) is 3.61. The maximum absolute atomic E-state index is 5.90. The largest absolute Gasteiger partial charge is 0.494 e. The molecule has 0 aliphatic carbocycles. The fourth-order valence-electron chi connectivity index (χ4n) is 2.20. The lowest BCUT2D eigenvalue weighted by Crippen LogP contribution is -2.89. The van der Waals surface area contributed by atoms with Crippen LogP contribution in [0.3, 0.4) is 0 Å². The van der Waals surface area contributed by atoms with E-state index >= 15 is 0 Å². The van der Waals surface area contributed by atoms with Gasteiger partial charge in [0.2, 0.25) is 0 Å². The van der Waals surface area contributed by atoms with Gasteiger partial charge in [0.1, 0.15) is 5.75 Å². The molecule has 0 spiro atoms. The second kappa shape index (κ2) is 9.02. The molecule has 0 amide bonds. The minimum atomic E-state index is 0.558. The van der Waals surface area contributed by atoms with Crippen molar-refractivity contribution in [1.82, 2.24) is 0 Å². The number of ether oxygens (including phenoxy) is 1. The smallest absolute Gasteiger partial charge is 0.119 e. The van der Waals surface area contributed by atoms with Crippen molar-refractivity contribution in [2.24, 2.45) is 0 Å². The molecule has 2 N–H and O–H groups in total. The van der Waals surface area contributed by atoms with Crippen LogP contribution < -0.4 is 10.1 Å². The number of benzene rings is 1. The molecule has 0 aromatic heterocycles. The second-order valence-corrected chi connectivity index (χ2v) is 6.20. The number of unbranched alkanes of at least 4 members (excludes halogenated alkanes) is 1. The van der Waals surface area contributed by atoms with E-state index in [0.717, 1.165) is 24.8 Å². The first-order valence-corrected chi connectivity index (χ1v) is 8.10. The zero-order valence-electron chi connectivity index (χ0n) is 13.9. The van der Waals surface area contributed by atoms with Crippen molar-refractivity contribution < 1.29 is 10.1 Å². The Bertz CT molecular complexity index is 387. The van der Waals surface area contributed by atoms with Crippen LogP contribution in [0.4, 0.5) is 0 Å². The lowest BCUT2D eigenvalue weighted by atomic mass is 10.0. The Morgan fingerprint density at radius 3 is 2.50 bits per heavy atom. The average molecular weight is 278 g/mol. The molecule has 1 aromatic carbocycles.